The average molecular weight is 349 g/mol. The van der Waals surface area contributed by atoms with Gasteiger partial charge in [-0.1, -0.05) is 32.1 Å². The number of allylic oxidation sites excluding steroid dienone is 3. The molecule has 0 aliphatic carbocycles. The Balaban J connectivity index is 2.11. The molecule has 0 N–H and O–H groups in total. The predicted molar refractivity (Wildman–Crippen MR) is 94.0 cm³/mol. The number of alkyl halides is 3. The number of thiol groups is 1. The van der Waals surface area contributed by atoms with E-state index in [0.717, 1.165) is 10.5 Å². The molecule has 5 heteroatoms. The highest BCUT2D eigenvalue weighted by molar-refractivity contribution is 8.23. The number of benzene rings is 1. The largest absolute Gasteiger partial charge is 0.417 e. The summed E-state index contributed by atoms with van der Waals surface area (Å²) in [7, 11) is -1.06. The molecule has 126 valence electrons. The Bertz CT molecular complexity index is 792. The van der Waals surface area contributed by atoms with Gasteiger partial charge in [0.1, 0.15) is 0 Å². The average Bonchev–Trinajstić information content (AvgIpc) is 3.04. The first-order chi connectivity index (χ1) is 11.4. The van der Waals surface area contributed by atoms with Crippen molar-refractivity contribution >= 4 is 10.9 Å². The van der Waals surface area contributed by atoms with Crippen LogP contribution in [0.5, 0.6) is 0 Å². The molecule has 1 atom stereocenters. The van der Waals surface area contributed by atoms with Crippen LogP contribution in [-0.2, 0) is 6.18 Å². The SMILES string of the molecule is CC(C)C1=CC=C[SH]1c1ccc(-c2ccncc2)cc1C(F)(F)F. The fourth-order valence-electron chi connectivity index (χ4n) is 2.78. The van der Waals surface area contributed by atoms with E-state index >= 15 is 0 Å². The molecule has 0 fully saturated rings. The van der Waals surface area contributed by atoms with Crippen LogP contribution in [0.3, 0.4) is 0 Å². The van der Waals surface area contributed by atoms with E-state index < -0.39 is 22.6 Å². The van der Waals surface area contributed by atoms with E-state index in [2.05, 4.69) is 4.98 Å². The molecular formula is C19H18F3NS. The van der Waals surface area contributed by atoms with Crippen LogP contribution >= 0.6 is 10.9 Å². The maximum atomic E-state index is 13.7. The van der Waals surface area contributed by atoms with Crippen molar-refractivity contribution in [2.45, 2.75) is 24.9 Å². The summed E-state index contributed by atoms with van der Waals surface area (Å²) in [6.45, 7) is 4.04. The maximum absolute atomic E-state index is 13.7. The van der Waals surface area contributed by atoms with E-state index in [4.69, 9.17) is 0 Å². The van der Waals surface area contributed by atoms with Gasteiger partial charge in [0.2, 0.25) is 0 Å². The van der Waals surface area contributed by atoms with Gasteiger partial charge in [0.15, 0.2) is 0 Å². The summed E-state index contributed by atoms with van der Waals surface area (Å²) in [5, 5.41) is 1.90. The number of halogens is 3. The number of hydrogen-bond donors (Lipinski definition) is 1. The fraction of sp³-hybridized carbons (Fsp3) is 0.211. The Labute approximate surface area is 142 Å². The topological polar surface area (TPSA) is 12.9 Å². The van der Waals surface area contributed by atoms with Crippen LogP contribution in [0.15, 0.2) is 70.1 Å². The Hall–Kier alpha value is -2.01. The summed E-state index contributed by atoms with van der Waals surface area (Å²) in [4.78, 5) is 5.37. The van der Waals surface area contributed by atoms with Crippen molar-refractivity contribution in [3.63, 3.8) is 0 Å². The van der Waals surface area contributed by atoms with Gasteiger partial charge in [0.05, 0.1) is 5.56 Å². The summed E-state index contributed by atoms with van der Waals surface area (Å²) in [6, 6.07) is 8.10. The smallest absolute Gasteiger partial charge is 0.265 e. The summed E-state index contributed by atoms with van der Waals surface area (Å²) in [6.07, 6.45) is 2.62. The molecule has 0 radical (unpaired) electrons. The molecule has 3 rings (SSSR count). The standard InChI is InChI=1S/C19H18F3NS/c1-13(2)17-4-3-11-24(17)18-6-5-15(12-16(18)19(20,21)22)14-7-9-23-10-8-14/h3-13,24H,1-2H3. The van der Waals surface area contributed by atoms with Gasteiger partial charge in [-0.15, -0.1) is 0 Å². The molecule has 1 nitrogen and oxygen atoms in total. The van der Waals surface area contributed by atoms with Gasteiger partial charge in [-0.2, -0.15) is 24.1 Å². The van der Waals surface area contributed by atoms with Gasteiger partial charge in [-0.3, -0.25) is 4.98 Å². The van der Waals surface area contributed by atoms with E-state index in [0.29, 0.717) is 10.5 Å². The Kier molecular flexibility index (Phi) is 4.54. The van der Waals surface area contributed by atoms with Crippen molar-refractivity contribution < 1.29 is 13.2 Å². The molecule has 2 aromatic rings. The molecule has 0 saturated carbocycles. The van der Waals surface area contributed by atoms with E-state index in [-0.39, 0.29) is 5.92 Å². The van der Waals surface area contributed by atoms with Crippen LogP contribution < -0.4 is 0 Å². The van der Waals surface area contributed by atoms with Crippen molar-refractivity contribution in [2.24, 2.45) is 5.92 Å². The molecule has 1 aliphatic rings. The minimum Gasteiger partial charge on any atom is -0.265 e. The first-order valence-electron chi connectivity index (χ1n) is 7.67. The molecule has 0 spiro atoms. The van der Waals surface area contributed by atoms with Gasteiger partial charge >= 0.3 is 6.18 Å². The van der Waals surface area contributed by atoms with Crippen LogP contribution in [-0.4, -0.2) is 4.98 Å². The zero-order valence-corrected chi connectivity index (χ0v) is 14.3. The normalized spacial score (nSPS) is 18.9. The highest BCUT2D eigenvalue weighted by atomic mass is 32.2. The lowest BCUT2D eigenvalue weighted by atomic mass is 10.0. The van der Waals surface area contributed by atoms with Gasteiger partial charge in [-0.25, -0.2) is 0 Å². The van der Waals surface area contributed by atoms with E-state index in [1.807, 2.05) is 31.4 Å². The zero-order valence-electron chi connectivity index (χ0n) is 13.4. The Morgan fingerprint density at radius 1 is 1.00 bits per heavy atom. The summed E-state index contributed by atoms with van der Waals surface area (Å²) in [5.41, 5.74) is 0.749. The highest BCUT2D eigenvalue weighted by Crippen LogP contribution is 2.55. The van der Waals surface area contributed by atoms with Crippen molar-refractivity contribution in [3.8, 4) is 11.1 Å². The maximum Gasteiger partial charge on any atom is 0.417 e. The lowest BCUT2D eigenvalue weighted by molar-refractivity contribution is -0.139. The molecular weight excluding hydrogens is 331 g/mol. The molecule has 0 bridgehead atoms. The highest BCUT2D eigenvalue weighted by Gasteiger charge is 2.36. The van der Waals surface area contributed by atoms with Crippen LogP contribution in [0.25, 0.3) is 11.1 Å². The molecule has 1 unspecified atom stereocenters. The third-order valence-electron chi connectivity index (χ3n) is 3.95. The van der Waals surface area contributed by atoms with Gasteiger partial charge < -0.3 is 0 Å². The monoisotopic (exact) mass is 349 g/mol. The van der Waals surface area contributed by atoms with Gasteiger partial charge in [0, 0.05) is 17.3 Å². The Morgan fingerprint density at radius 3 is 2.33 bits per heavy atom. The van der Waals surface area contributed by atoms with Crippen molar-refractivity contribution in [1.29, 1.82) is 0 Å². The Morgan fingerprint density at radius 2 is 1.71 bits per heavy atom. The van der Waals surface area contributed by atoms with Crippen molar-refractivity contribution in [3.05, 3.63) is 70.8 Å². The van der Waals surface area contributed by atoms with E-state index in [1.165, 1.54) is 6.07 Å². The molecule has 1 aromatic carbocycles. The lowest BCUT2D eigenvalue weighted by Gasteiger charge is -2.25. The number of hydrogen-bond acceptors (Lipinski definition) is 1. The van der Waals surface area contributed by atoms with Crippen LogP contribution in [0.4, 0.5) is 13.2 Å². The van der Waals surface area contributed by atoms with E-state index in [1.54, 1.807) is 36.7 Å². The summed E-state index contributed by atoms with van der Waals surface area (Å²) >= 11 is 0. The third kappa shape index (κ3) is 3.26. The molecule has 0 saturated heterocycles. The van der Waals surface area contributed by atoms with E-state index in [9.17, 15) is 13.2 Å². The third-order valence-corrected chi connectivity index (χ3v) is 6.55. The van der Waals surface area contributed by atoms with Crippen molar-refractivity contribution in [1.82, 2.24) is 4.98 Å². The predicted octanol–water partition coefficient (Wildman–Crippen LogP) is 6.19. The molecule has 1 aliphatic heterocycles. The first-order valence-corrected chi connectivity index (χ1v) is 9.08. The van der Waals surface area contributed by atoms with Gasteiger partial charge in [0.25, 0.3) is 0 Å². The van der Waals surface area contributed by atoms with Crippen LogP contribution in [0.1, 0.15) is 19.4 Å². The second-order valence-corrected chi connectivity index (χ2v) is 7.96. The minimum atomic E-state index is -4.38. The number of aromatic nitrogens is 1. The van der Waals surface area contributed by atoms with Crippen LogP contribution in [0.2, 0.25) is 0 Å². The summed E-state index contributed by atoms with van der Waals surface area (Å²) < 4.78 is 41.0. The second kappa shape index (κ2) is 6.48. The van der Waals surface area contributed by atoms with Crippen LogP contribution in [0, 0.1) is 5.92 Å². The fourth-order valence-corrected chi connectivity index (χ4v) is 5.14. The first kappa shape index (κ1) is 16.8. The number of nitrogens with zero attached hydrogens (tertiary/aromatic N) is 1. The number of pyridine rings is 1. The molecule has 1 aromatic heterocycles. The second-order valence-electron chi connectivity index (χ2n) is 5.92. The number of rotatable bonds is 3. The van der Waals surface area contributed by atoms with Gasteiger partial charge in [-0.05, 0) is 51.6 Å². The lowest BCUT2D eigenvalue weighted by Crippen LogP contribution is -2.09. The molecule has 0 amide bonds. The molecule has 24 heavy (non-hydrogen) atoms. The molecule has 2 heterocycles. The minimum absolute atomic E-state index is 0.229. The van der Waals surface area contributed by atoms with Crippen molar-refractivity contribution in [2.75, 3.05) is 0 Å². The quantitative estimate of drug-likeness (QED) is 0.652. The zero-order chi connectivity index (χ0) is 17.3. The summed E-state index contributed by atoms with van der Waals surface area (Å²) in [5.74, 6) is 0.229.